The Morgan fingerprint density at radius 3 is 2.07 bits per heavy atom. The van der Waals surface area contributed by atoms with Gasteiger partial charge in [-0.15, -0.1) is 0 Å². The van der Waals surface area contributed by atoms with Crippen molar-refractivity contribution in [3.05, 3.63) is 0 Å². The fourth-order valence-corrected chi connectivity index (χ4v) is 0.637. The molecule has 0 unspecified atom stereocenters. The third-order valence-electron chi connectivity index (χ3n) is 0.730. The van der Waals surface area contributed by atoms with Gasteiger partial charge in [-0.3, -0.25) is 9.96 Å². The molecule has 0 aliphatic carbocycles. The summed E-state index contributed by atoms with van der Waals surface area (Å²) in [6.45, 7) is 1.96. The van der Waals surface area contributed by atoms with Crippen molar-refractivity contribution in [2.45, 2.75) is 19.8 Å². The predicted molar refractivity (Wildman–Crippen MR) is 55.7 cm³/mol. The Labute approximate surface area is 106 Å². The van der Waals surface area contributed by atoms with E-state index in [2.05, 4.69) is 15.7 Å². The van der Waals surface area contributed by atoms with Gasteiger partial charge in [-0.1, -0.05) is 13.3 Å². The molecule has 0 aromatic rings. The van der Waals surface area contributed by atoms with Crippen molar-refractivity contribution >= 4 is 45.9 Å². The van der Waals surface area contributed by atoms with Gasteiger partial charge in [0.25, 0.3) is 0 Å². The van der Waals surface area contributed by atoms with Crippen molar-refractivity contribution in [2.24, 2.45) is 11.5 Å². The van der Waals surface area contributed by atoms with Crippen LogP contribution in [0.15, 0.2) is 0 Å². The van der Waals surface area contributed by atoms with Gasteiger partial charge in [-0.2, -0.15) is 8.42 Å². The number of unbranched alkanes of at least 4 members (excludes halogenated alkanes) is 1. The first kappa shape index (κ1) is 19.7. The van der Waals surface area contributed by atoms with Crippen molar-refractivity contribution in [1.29, 1.82) is 5.41 Å². The molecule has 0 amide bonds. The molecule has 0 aliphatic heterocycles. The van der Waals surface area contributed by atoms with Crippen molar-refractivity contribution in [2.75, 3.05) is 6.61 Å². The van der Waals surface area contributed by atoms with Crippen LogP contribution in [0.5, 0.6) is 0 Å². The van der Waals surface area contributed by atoms with Crippen LogP contribution in [0.4, 0.5) is 0 Å². The molecular weight excluding hydrogens is 221 g/mol. The third kappa shape index (κ3) is 40.0. The van der Waals surface area contributed by atoms with Crippen LogP contribution in [-0.2, 0) is 14.6 Å². The number of nitrogens with one attached hydrogen (secondary N) is 1. The minimum atomic E-state index is -4.20. The van der Waals surface area contributed by atoms with E-state index >= 15 is 0 Å². The molecule has 9 heteroatoms. The van der Waals surface area contributed by atoms with Crippen LogP contribution in [0.2, 0.25) is 0 Å². The first-order valence-electron chi connectivity index (χ1n) is 3.51. The summed E-state index contributed by atoms with van der Waals surface area (Å²) in [5.74, 6) is -0.333. The van der Waals surface area contributed by atoms with Crippen LogP contribution in [-0.4, -0.2) is 55.1 Å². The second-order valence-electron chi connectivity index (χ2n) is 2.06. The maximum atomic E-state index is 9.84. The average molecular weight is 237 g/mol. The van der Waals surface area contributed by atoms with E-state index in [9.17, 15) is 8.42 Å². The van der Waals surface area contributed by atoms with Gasteiger partial charge in [0.2, 0.25) is 0 Å². The summed E-state index contributed by atoms with van der Waals surface area (Å²) in [6.07, 6.45) is 1.48. The number of guanidine groups is 1. The Kier molecular flexibility index (Phi) is 15.8. The van der Waals surface area contributed by atoms with Crippen LogP contribution in [0.25, 0.3) is 0 Å². The first-order chi connectivity index (χ1) is 5.79. The number of rotatable bonds is 4. The van der Waals surface area contributed by atoms with Crippen LogP contribution in [0, 0.1) is 5.41 Å². The Bertz CT molecular complexity index is 227. The summed E-state index contributed by atoms with van der Waals surface area (Å²) < 4.78 is 31.7. The van der Waals surface area contributed by atoms with Crippen LogP contribution in [0.3, 0.4) is 0 Å². The zero-order chi connectivity index (χ0) is 10.9. The van der Waals surface area contributed by atoms with Gasteiger partial charge in [0, 0.05) is 0 Å². The van der Waals surface area contributed by atoms with E-state index in [4.69, 9.17) is 9.96 Å². The van der Waals surface area contributed by atoms with E-state index in [0.717, 1.165) is 6.42 Å². The molecule has 0 heterocycles. The molecule has 0 aliphatic rings. The van der Waals surface area contributed by atoms with Gasteiger partial charge in [-0.05, 0) is 6.42 Å². The molecule has 0 aromatic heterocycles. The summed E-state index contributed by atoms with van der Waals surface area (Å²) in [5.41, 5.74) is 8.94. The quantitative estimate of drug-likeness (QED) is 0.159. The van der Waals surface area contributed by atoms with E-state index in [1.807, 2.05) is 6.92 Å². The summed E-state index contributed by atoms with van der Waals surface area (Å²) in [6, 6.07) is 0. The molecule has 0 radical (unpaired) electrons. The minimum absolute atomic E-state index is 0. The summed E-state index contributed by atoms with van der Waals surface area (Å²) in [4.78, 5) is 0. The zero-order valence-electron chi connectivity index (χ0n) is 7.36. The molecule has 0 fully saturated rings. The molecule has 0 bridgehead atoms. The molecule has 0 saturated carbocycles. The summed E-state index contributed by atoms with van der Waals surface area (Å²) in [7, 11) is -4.20. The fraction of sp³-hybridized carbons (Fsp3) is 0.800. The Hall–Kier alpha value is 0.140. The van der Waals surface area contributed by atoms with Gasteiger partial charge >= 0.3 is 40.0 Å². The second kappa shape index (κ2) is 11.2. The van der Waals surface area contributed by atoms with Gasteiger partial charge in [0.1, 0.15) is 0 Å². The number of nitrogens with two attached hydrogens (primary N) is 2. The standard InChI is InChI=1S/C4H10O4S.CH5N3.Na.H/c1-2-3-4-8-9(5,6)7;2-1(3)4;;/h2-4H2,1H3,(H,5,6,7);(H5,2,3,4);;. The molecule has 6 N–H and O–H groups in total. The monoisotopic (exact) mass is 237 g/mol. The average Bonchev–Trinajstić information content (AvgIpc) is 1.83. The van der Waals surface area contributed by atoms with Gasteiger partial charge in [0.05, 0.1) is 6.61 Å². The van der Waals surface area contributed by atoms with E-state index < -0.39 is 10.4 Å². The van der Waals surface area contributed by atoms with Crippen molar-refractivity contribution < 1.29 is 17.2 Å². The van der Waals surface area contributed by atoms with E-state index in [0.29, 0.717) is 6.42 Å². The molecule has 7 nitrogen and oxygen atoms in total. The van der Waals surface area contributed by atoms with Crippen LogP contribution in [0.1, 0.15) is 19.8 Å². The fourth-order valence-electron chi connectivity index (χ4n) is 0.309. The molecular formula is C5H16N3NaO4S. The van der Waals surface area contributed by atoms with Crippen LogP contribution < -0.4 is 11.5 Å². The van der Waals surface area contributed by atoms with Crippen molar-refractivity contribution in [1.82, 2.24) is 0 Å². The topological polar surface area (TPSA) is 139 Å². The zero-order valence-corrected chi connectivity index (χ0v) is 8.17. The van der Waals surface area contributed by atoms with E-state index in [1.54, 1.807) is 0 Å². The second-order valence-corrected chi connectivity index (χ2v) is 3.15. The molecule has 0 rings (SSSR count). The Balaban J connectivity index is -0.000000209. The predicted octanol–water partition coefficient (Wildman–Crippen LogP) is -1.20. The van der Waals surface area contributed by atoms with Crippen LogP contribution >= 0.6 is 0 Å². The van der Waals surface area contributed by atoms with Gasteiger partial charge in [0.15, 0.2) is 5.96 Å². The Morgan fingerprint density at radius 2 is 1.86 bits per heavy atom. The molecule has 0 spiro atoms. The first-order valence-corrected chi connectivity index (χ1v) is 4.87. The maximum absolute atomic E-state index is 9.84. The van der Waals surface area contributed by atoms with Crippen molar-refractivity contribution in [3.8, 4) is 0 Å². The molecule has 14 heavy (non-hydrogen) atoms. The van der Waals surface area contributed by atoms with Gasteiger partial charge in [-0.25, -0.2) is 4.18 Å². The molecule has 82 valence electrons. The third-order valence-corrected chi connectivity index (χ3v) is 1.19. The molecule has 0 saturated heterocycles. The number of hydrogen-bond acceptors (Lipinski definition) is 4. The molecule has 0 aromatic carbocycles. The Morgan fingerprint density at radius 1 is 1.50 bits per heavy atom. The summed E-state index contributed by atoms with van der Waals surface area (Å²) in [5, 5.41) is 6.06. The molecule has 0 atom stereocenters. The van der Waals surface area contributed by atoms with E-state index in [-0.39, 0.29) is 42.1 Å². The normalized spacial score (nSPS) is 9.29. The number of hydrogen-bond donors (Lipinski definition) is 4. The van der Waals surface area contributed by atoms with E-state index in [1.165, 1.54) is 0 Å². The SMILES string of the molecule is CCCCOS(=O)(=O)O.N=C(N)N.[NaH]. The van der Waals surface area contributed by atoms with Crippen molar-refractivity contribution in [3.63, 3.8) is 0 Å². The van der Waals surface area contributed by atoms with Gasteiger partial charge < -0.3 is 11.5 Å². The summed E-state index contributed by atoms with van der Waals surface area (Å²) >= 11 is 0.